The Morgan fingerprint density at radius 2 is 2.31 bits per heavy atom. The van der Waals surface area contributed by atoms with Crippen molar-refractivity contribution in [3.05, 3.63) is 16.9 Å². The molecule has 2 heterocycles. The number of halogens is 2. The number of anilines is 1. The number of nitrogens with one attached hydrogen (secondary N) is 1. The van der Waals surface area contributed by atoms with Crippen LogP contribution in [-0.4, -0.2) is 36.1 Å². The molecule has 1 aliphatic heterocycles. The van der Waals surface area contributed by atoms with Gasteiger partial charge in [-0.2, -0.15) is 0 Å². The lowest BCUT2D eigenvalue weighted by Crippen LogP contribution is -2.34. The number of rotatable bonds is 2. The first kappa shape index (κ1) is 13.5. The molecule has 4 nitrogen and oxygen atoms in total. The predicted octanol–water partition coefficient (Wildman–Crippen LogP) is 1.66. The van der Waals surface area contributed by atoms with E-state index in [2.05, 4.69) is 20.2 Å². The van der Waals surface area contributed by atoms with Crippen molar-refractivity contribution >= 4 is 30.0 Å². The number of aromatic nitrogens is 2. The fourth-order valence-corrected chi connectivity index (χ4v) is 1.84. The van der Waals surface area contributed by atoms with E-state index in [4.69, 9.17) is 11.6 Å². The van der Waals surface area contributed by atoms with Crippen LogP contribution in [0.2, 0.25) is 5.15 Å². The average Bonchev–Trinajstić information content (AvgIpc) is 2.74. The normalized spacial score (nSPS) is 19.3. The maximum atomic E-state index is 5.97. The Bertz CT molecular complexity index is 353. The summed E-state index contributed by atoms with van der Waals surface area (Å²) >= 11 is 5.97. The van der Waals surface area contributed by atoms with Gasteiger partial charge in [0, 0.05) is 31.4 Å². The molecule has 1 fully saturated rings. The smallest absolute Gasteiger partial charge is 0.226 e. The van der Waals surface area contributed by atoms with Gasteiger partial charge in [0.15, 0.2) is 0 Å². The molecule has 90 valence electrons. The minimum atomic E-state index is 0. The molecule has 0 aliphatic carbocycles. The molecular weight excluding hydrogens is 247 g/mol. The van der Waals surface area contributed by atoms with Crippen molar-refractivity contribution < 1.29 is 0 Å². The highest BCUT2D eigenvalue weighted by molar-refractivity contribution is 6.30. The Balaban J connectivity index is 0.00000128. The van der Waals surface area contributed by atoms with Crippen LogP contribution < -0.4 is 10.2 Å². The van der Waals surface area contributed by atoms with E-state index in [-0.39, 0.29) is 12.4 Å². The van der Waals surface area contributed by atoms with Crippen molar-refractivity contribution in [3.8, 4) is 0 Å². The highest BCUT2D eigenvalue weighted by atomic mass is 35.5. The lowest BCUT2D eigenvalue weighted by molar-refractivity contribution is 0.668. The monoisotopic (exact) mass is 262 g/mol. The molecule has 1 aromatic rings. The van der Waals surface area contributed by atoms with Gasteiger partial charge in [0.1, 0.15) is 5.15 Å². The van der Waals surface area contributed by atoms with E-state index < -0.39 is 0 Å². The second kappa shape index (κ2) is 5.66. The summed E-state index contributed by atoms with van der Waals surface area (Å²) in [5.41, 5.74) is 0.915. The molecule has 1 aromatic heterocycles. The van der Waals surface area contributed by atoms with Crippen LogP contribution >= 0.6 is 24.0 Å². The molecule has 16 heavy (non-hydrogen) atoms. The van der Waals surface area contributed by atoms with Gasteiger partial charge in [-0.1, -0.05) is 11.6 Å². The summed E-state index contributed by atoms with van der Waals surface area (Å²) in [6.07, 6.45) is 2.90. The summed E-state index contributed by atoms with van der Waals surface area (Å²) in [6, 6.07) is 0.476. The second-order valence-corrected chi connectivity index (χ2v) is 4.26. The topological polar surface area (TPSA) is 41.1 Å². The Labute approximate surface area is 107 Å². The van der Waals surface area contributed by atoms with E-state index in [1.165, 1.54) is 0 Å². The van der Waals surface area contributed by atoms with Gasteiger partial charge in [-0.3, -0.25) is 0 Å². The van der Waals surface area contributed by atoms with Crippen molar-refractivity contribution in [2.75, 3.05) is 25.0 Å². The molecule has 0 spiro atoms. The van der Waals surface area contributed by atoms with Crippen LogP contribution in [0.3, 0.4) is 0 Å². The highest BCUT2D eigenvalue weighted by Gasteiger charge is 2.21. The first-order chi connectivity index (χ1) is 7.18. The SMILES string of the molecule is Cc1cnc(N(C)[C@H]2CCNC2)nc1Cl.Cl. The Morgan fingerprint density at radius 3 is 2.88 bits per heavy atom. The van der Waals surface area contributed by atoms with Crippen molar-refractivity contribution in [1.82, 2.24) is 15.3 Å². The van der Waals surface area contributed by atoms with E-state index in [1.807, 2.05) is 14.0 Å². The molecule has 0 radical (unpaired) electrons. The Hall–Kier alpha value is -0.580. The molecule has 2 rings (SSSR count). The Morgan fingerprint density at radius 1 is 1.56 bits per heavy atom. The van der Waals surface area contributed by atoms with Crippen LogP contribution in [0.15, 0.2) is 6.20 Å². The fourth-order valence-electron chi connectivity index (χ4n) is 1.72. The zero-order valence-electron chi connectivity index (χ0n) is 9.40. The summed E-state index contributed by atoms with van der Waals surface area (Å²) in [5, 5.41) is 3.86. The van der Waals surface area contributed by atoms with Gasteiger partial charge in [0.2, 0.25) is 5.95 Å². The minimum Gasteiger partial charge on any atom is -0.340 e. The van der Waals surface area contributed by atoms with Crippen LogP contribution in [0.4, 0.5) is 5.95 Å². The first-order valence-corrected chi connectivity index (χ1v) is 5.49. The number of hydrogen-bond donors (Lipinski definition) is 1. The largest absolute Gasteiger partial charge is 0.340 e. The lowest BCUT2D eigenvalue weighted by atomic mass is 10.2. The van der Waals surface area contributed by atoms with Gasteiger partial charge in [0.25, 0.3) is 0 Å². The number of nitrogens with zero attached hydrogens (tertiary/aromatic N) is 3. The third kappa shape index (κ3) is 2.75. The fraction of sp³-hybridized carbons (Fsp3) is 0.600. The summed E-state index contributed by atoms with van der Waals surface area (Å²) in [7, 11) is 2.01. The summed E-state index contributed by atoms with van der Waals surface area (Å²) in [6.45, 7) is 3.96. The first-order valence-electron chi connectivity index (χ1n) is 5.11. The highest BCUT2D eigenvalue weighted by Crippen LogP contribution is 2.17. The summed E-state index contributed by atoms with van der Waals surface area (Å²) < 4.78 is 0. The lowest BCUT2D eigenvalue weighted by Gasteiger charge is -2.23. The van der Waals surface area contributed by atoms with Crippen molar-refractivity contribution in [3.63, 3.8) is 0 Å². The van der Waals surface area contributed by atoms with Crippen LogP contribution in [0.25, 0.3) is 0 Å². The van der Waals surface area contributed by atoms with Gasteiger partial charge < -0.3 is 10.2 Å². The molecule has 6 heteroatoms. The number of hydrogen-bond acceptors (Lipinski definition) is 4. The van der Waals surface area contributed by atoms with Gasteiger partial charge in [-0.15, -0.1) is 12.4 Å². The van der Waals surface area contributed by atoms with E-state index >= 15 is 0 Å². The molecule has 0 bridgehead atoms. The van der Waals surface area contributed by atoms with Gasteiger partial charge in [-0.05, 0) is 19.9 Å². The van der Waals surface area contributed by atoms with Crippen molar-refractivity contribution in [2.45, 2.75) is 19.4 Å². The van der Waals surface area contributed by atoms with Crippen LogP contribution in [0.5, 0.6) is 0 Å². The molecular formula is C10H16Cl2N4. The van der Waals surface area contributed by atoms with Crippen LogP contribution in [0, 0.1) is 6.92 Å². The van der Waals surface area contributed by atoms with Gasteiger partial charge >= 0.3 is 0 Å². The zero-order chi connectivity index (χ0) is 10.8. The molecule has 1 aliphatic rings. The molecule has 0 saturated carbocycles. The molecule has 0 amide bonds. The standard InChI is InChI=1S/C10H15ClN4.ClH/c1-7-5-13-10(14-9(7)11)15(2)8-3-4-12-6-8;/h5,8,12H,3-4,6H2,1-2H3;1H/t8-;/m0./s1. The Kier molecular flexibility index (Phi) is 4.77. The second-order valence-electron chi connectivity index (χ2n) is 3.90. The molecule has 0 aromatic carbocycles. The van der Waals surface area contributed by atoms with Gasteiger partial charge in [-0.25, -0.2) is 9.97 Å². The zero-order valence-corrected chi connectivity index (χ0v) is 11.0. The molecule has 1 saturated heterocycles. The van der Waals surface area contributed by atoms with Crippen molar-refractivity contribution in [1.29, 1.82) is 0 Å². The van der Waals surface area contributed by atoms with Gasteiger partial charge in [0.05, 0.1) is 0 Å². The van der Waals surface area contributed by atoms with E-state index in [1.54, 1.807) is 6.20 Å². The summed E-state index contributed by atoms with van der Waals surface area (Å²) in [4.78, 5) is 10.6. The van der Waals surface area contributed by atoms with E-state index in [0.717, 1.165) is 25.1 Å². The van der Waals surface area contributed by atoms with E-state index in [9.17, 15) is 0 Å². The minimum absolute atomic E-state index is 0. The maximum absolute atomic E-state index is 5.97. The number of likely N-dealkylation sites (N-methyl/N-ethyl adjacent to an activating group) is 1. The van der Waals surface area contributed by atoms with Crippen molar-refractivity contribution in [2.24, 2.45) is 0 Å². The summed E-state index contributed by atoms with van der Waals surface area (Å²) in [5.74, 6) is 0.708. The third-order valence-electron chi connectivity index (χ3n) is 2.79. The predicted molar refractivity (Wildman–Crippen MR) is 68.7 cm³/mol. The van der Waals surface area contributed by atoms with Crippen LogP contribution in [-0.2, 0) is 0 Å². The molecule has 1 N–H and O–H groups in total. The third-order valence-corrected chi connectivity index (χ3v) is 3.18. The van der Waals surface area contributed by atoms with E-state index in [0.29, 0.717) is 17.1 Å². The number of aryl methyl sites for hydroxylation is 1. The average molecular weight is 263 g/mol. The van der Waals surface area contributed by atoms with Crippen LogP contribution in [0.1, 0.15) is 12.0 Å². The molecule has 1 atom stereocenters. The maximum Gasteiger partial charge on any atom is 0.226 e. The quantitative estimate of drug-likeness (QED) is 0.824. The molecule has 0 unspecified atom stereocenters.